The molecule has 1 saturated heterocycles. The third-order valence-corrected chi connectivity index (χ3v) is 8.04. The number of amides is 1. The number of rotatable bonds is 10. The minimum absolute atomic E-state index is 0.240. The van der Waals surface area contributed by atoms with E-state index in [0.717, 1.165) is 52.9 Å². The number of esters is 1. The van der Waals surface area contributed by atoms with Gasteiger partial charge in [-0.25, -0.2) is 14.8 Å². The number of ether oxygens (including phenoxy) is 1. The molecule has 1 amide bonds. The number of carbonyl (C=O) groups is 2. The fraction of sp³-hybridized carbons (Fsp3) is 0.333. The van der Waals surface area contributed by atoms with E-state index in [2.05, 4.69) is 45.1 Å². The minimum Gasteiger partial charge on any atom is -0.462 e. The van der Waals surface area contributed by atoms with Crippen LogP contribution in [0.4, 0.5) is 23.0 Å². The standard InChI is InChI=1S/C33H39N7O3/c1-7-30(41)35-27-17-26(21(3)16-29(27)39(5)19-22-12-11-15-38(22)4)36-33-34-18-24(32(42)43-8-2)31(37-33)25-20-40(6)28-14-10-9-13-23(25)28/h7,9-10,13-14,16-18,20,22H,1,8,11-12,15,19H2,2-6H3,(H,35,41)(H,34,36,37)/t22-/m1/s1. The van der Waals surface area contributed by atoms with Gasteiger partial charge in [0, 0.05) is 61.2 Å². The van der Waals surface area contributed by atoms with Crippen molar-refractivity contribution in [2.24, 2.45) is 7.05 Å². The summed E-state index contributed by atoms with van der Waals surface area (Å²) in [6.45, 7) is 9.56. The van der Waals surface area contributed by atoms with Crippen LogP contribution in [-0.2, 0) is 16.6 Å². The number of benzene rings is 2. The summed E-state index contributed by atoms with van der Waals surface area (Å²) in [7, 11) is 6.16. The number of fused-ring (bicyclic) bond motifs is 1. The Bertz CT molecular complexity index is 1680. The number of para-hydroxylation sites is 1. The molecular weight excluding hydrogens is 542 g/mol. The van der Waals surface area contributed by atoms with E-state index in [9.17, 15) is 9.59 Å². The molecule has 1 fully saturated rings. The predicted molar refractivity (Wildman–Crippen MR) is 172 cm³/mol. The highest BCUT2D eigenvalue weighted by atomic mass is 16.5. The summed E-state index contributed by atoms with van der Waals surface area (Å²) < 4.78 is 7.34. The molecule has 0 radical (unpaired) electrons. The normalized spacial score (nSPS) is 15.0. The van der Waals surface area contributed by atoms with Crippen LogP contribution < -0.4 is 15.5 Å². The van der Waals surface area contributed by atoms with Crippen LogP contribution in [0.3, 0.4) is 0 Å². The van der Waals surface area contributed by atoms with Crippen LogP contribution in [0.1, 0.15) is 35.7 Å². The first kappa shape index (κ1) is 29.8. The van der Waals surface area contributed by atoms with E-state index in [-0.39, 0.29) is 18.1 Å². The van der Waals surface area contributed by atoms with Crippen LogP contribution in [0.25, 0.3) is 22.2 Å². The maximum atomic E-state index is 12.9. The second kappa shape index (κ2) is 12.7. The number of nitrogens with one attached hydrogen (secondary N) is 2. The molecule has 10 nitrogen and oxygen atoms in total. The first-order valence-corrected chi connectivity index (χ1v) is 14.5. The van der Waals surface area contributed by atoms with Gasteiger partial charge in [-0.05, 0) is 70.1 Å². The Balaban J connectivity index is 1.54. The average molecular weight is 582 g/mol. The molecule has 1 aliphatic heterocycles. The molecule has 2 N–H and O–H groups in total. The number of aromatic nitrogens is 3. The highest BCUT2D eigenvalue weighted by molar-refractivity contribution is 6.03. The molecule has 1 atom stereocenters. The van der Waals surface area contributed by atoms with Crippen molar-refractivity contribution in [3.63, 3.8) is 0 Å². The maximum Gasteiger partial charge on any atom is 0.341 e. The Labute approximate surface area is 252 Å². The van der Waals surface area contributed by atoms with Crippen molar-refractivity contribution in [2.45, 2.75) is 32.7 Å². The lowest BCUT2D eigenvalue weighted by molar-refractivity contribution is -0.111. The molecule has 0 spiro atoms. The Morgan fingerprint density at radius 3 is 2.72 bits per heavy atom. The summed E-state index contributed by atoms with van der Waals surface area (Å²) in [4.78, 5) is 39.2. The monoisotopic (exact) mass is 581 g/mol. The number of anilines is 4. The zero-order valence-corrected chi connectivity index (χ0v) is 25.5. The molecule has 1 aliphatic rings. The van der Waals surface area contributed by atoms with Gasteiger partial charge in [-0.1, -0.05) is 24.8 Å². The predicted octanol–water partition coefficient (Wildman–Crippen LogP) is 5.52. The number of likely N-dealkylation sites (tertiary alicyclic amines) is 1. The lowest BCUT2D eigenvalue weighted by atomic mass is 10.1. The first-order valence-electron chi connectivity index (χ1n) is 14.5. The molecule has 3 heterocycles. The summed E-state index contributed by atoms with van der Waals surface area (Å²) >= 11 is 0. The van der Waals surface area contributed by atoms with E-state index in [0.29, 0.717) is 23.4 Å². The Morgan fingerprint density at radius 1 is 1.21 bits per heavy atom. The number of nitrogens with zero attached hydrogens (tertiary/aromatic N) is 5. The van der Waals surface area contributed by atoms with Crippen molar-refractivity contribution < 1.29 is 14.3 Å². The van der Waals surface area contributed by atoms with Crippen LogP contribution in [0.15, 0.2) is 61.4 Å². The zero-order valence-electron chi connectivity index (χ0n) is 25.5. The smallest absolute Gasteiger partial charge is 0.341 e. The fourth-order valence-electron chi connectivity index (χ4n) is 5.71. The van der Waals surface area contributed by atoms with Crippen LogP contribution in [0.2, 0.25) is 0 Å². The topological polar surface area (TPSA) is 105 Å². The molecule has 0 bridgehead atoms. The molecule has 4 aromatic rings. The Hall–Kier alpha value is -4.70. The van der Waals surface area contributed by atoms with Crippen molar-refractivity contribution in [3.8, 4) is 11.3 Å². The van der Waals surface area contributed by atoms with Gasteiger partial charge in [-0.15, -0.1) is 0 Å². The van der Waals surface area contributed by atoms with Gasteiger partial charge in [0.1, 0.15) is 5.56 Å². The SMILES string of the molecule is C=CC(=O)Nc1cc(Nc2ncc(C(=O)OCC)c(-c3cn(C)c4ccccc34)n2)c(C)cc1N(C)C[C@H]1CCCN1C. The van der Waals surface area contributed by atoms with Crippen LogP contribution in [-0.4, -0.2) is 71.1 Å². The average Bonchev–Trinajstić information content (AvgIpc) is 3.56. The minimum atomic E-state index is -0.483. The third kappa shape index (κ3) is 6.24. The van der Waals surface area contributed by atoms with Crippen molar-refractivity contribution >= 4 is 45.8 Å². The van der Waals surface area contributed by atoms with E-state index in [1.807, 2.05) is 62.1 Å². The molecule has 2 aromatic carbocycles. The second-order valence-electron chi connectivity index (χ2n) is 11.0. The van der Waals surface area contributed by atoms with Gasteiger partial charge in [-0.3, -0.25) is 4.79 Å². The van der Waals surface area contributed by atoms with Gasteiger partial charge in [-0.2, -0.15) is 0 Å². The van der Waals surface area contributed by atoms with Gasteiger partial charge >= 0.3 is 5.97 Å². The number of carbonyl (C=O) groups excluding carboxylic acids is 2. The second-order valence-corrected chi connectivity index (χ2v) is 11.0. The lowest BCUT2D eigenvalue weighted by Gasteiger charge is -2.29. The van der Waals surface area contributed by atoms with E-state index in [1.54, 1.807) is 6.92 Å². The number of hydrogen-bond acceptors (Lipinski definition) is 8. The molecule has 10 heteroatoms. The van der Waals surface area contributed by atoms with Crippen molar-refractivity contribution in [1.29, 1.82) is 0 Å². The summed E-state index contributed by atoms with van der Waals surface area (Å²) in [5.74, 6) is -0.465. The third-order valence-electron chi connectivity index (χ3n) is 8.04. The largest absolute Gasteiger partial charge is 0.462 e. The first-order chi connectivity index (χ1) is 20.7. The van der Waals surface area contributed by atoms with E-state index in [4.69, 9.17) is 9.72 Å². The summed E-state index contributed by atoms with van der Waals surface area (Å²) in [6, 6.07) is 12.4. The van der Waals surface area contributed by atoms with E-state index >= 15 is 0 Å². The van der Waals surface area contributed by atoms with Crippen molar-refractivity contribution in [3.05, 3.63) is 72.6 Å². The summed E-state index contributed by atoms with van der Waals surface area (Å²) in [5, 5.41) is 7.26. The van der Waals surface area contributed by atoms with Gasteiger partial charge < -0.3 is 29.7 Å². The zero-order chi connectivity index (χ0) is 30.7. The van der Waals surface area contributed by atoms with Gasteiger partial charge in [0.05, 0.1) is 23.7 Å². The molecule has 0 unspecified atom stereocenters. The van der Waals surface area contributed by atoms with Crippen LogP contribution in [0.5, 0.6) is 0 Å². The highest BCUT2D eigenvalue weighted by Gasteiger charge is 2.24. The highest BCUT2D eigenvalue weighted by Crippen LogP contribution is 2.35. The summed E-state index contributed by atoms with van der Waals surface area (Å²) in [5.41, 5.74) is 5.81. The molecule has 2 aromatic heterocycles. The van der Waals surface area contributed by atoms with Crippen molar-refractivity contribution in [1.82, 2.24) is 19.4 Å². The van der Waals surface area contributed by atoms with Crippen molar-refractivity contribution in [2.75, 3.05) is 49.3 Å². The summed E-state index contributed by atoms with van der Waals surface area (Å²) in [6.07, 6.45) is 7.05. The molecule has 5 rings (SSSR count). The van der Waals surface area contributed by atoms with Crippen LogP contribution >= 0.6 is 0 Å². The molecule has 224 valence electrons. The molecule has 0 aliphatic carbocycles. The number of likely N-dealkylation sites (N-methyl/N-ethyl adjacent to an activating group) is 2. The number of hydrogen-bond donors (Lipinski definition) is 2. The maximum absolute atomic E-state index is 12.9. The lowest BCUT2D eigenvalue weighted by Crippen LogP contribution is -2.37. The van der Waals surface area contributed by atoms with Crippen LogP contribution in [0, 0.1) is 6.92 Å². The Kier molecular flexibility index (Phi) is 8.77. The van der Waals surface area contributed by atoms with Gasteiger partial charge in [0.25, 0.3) is 0 Å². The number of aryl methyl sites for hydroxylation is 2. The Morgan fingerprint density at radius 2 is 2.00 bits per heavy atom. The molecule has 43 heavy (non-hydrogen) atoms. The van der Waals surface area contributed by atoms with E-state index in [1.165, 1.54) is 18.7 Å². The molecular formula is C33H39N7O3. The molecule has 0 saturated carbocycles. The fourth-order valence-corrected chi connectivity index (χ4v) is 5.71. The van der Waals surface area contributed by atoms with Gasteiger partial charge in [0.15, 0.2) is 0 Å². The quantitative estimate of drug-likeness (QED) is 0.186. The van der Waals surface area contributed by atoms with Gasteiger partial charge in [0.2, 0.25) is 11.9 Å². The van der Waals surface area contributed by atoms with E-state index < -0.39 is 5.97 Å².